The number of unbranched alkanes of at least 4 members (excludes halogenated alkanes) is 2. The molecule has 1 amide bonds. The lowest BCUT2D eigenvalue weighted by Crippen LogP contribution is -2.38. The standard InChI is InChI=1S/C19H27NO4/c1-2-3-4-13-24-17-7-5-16(6-8-17)19(23)20-11-9-15(10-12-20)14-18(21)22/h5-8,15H,2-4,9-14H2,1H3,(H,21,22). The molecular weight excluding hydrogens is 306 g/mol. The number of carboxylic acid groups (broad SMARTS) is 1. The second-order valence-corrected chi connectivity index (χ2v) is 6.41. The zero-order valence-electron chi connectivity index (χ0n) is 14.4. The van der Waals surface area contributed by atoms with Gasteiger partial charge in [-0.05, 0) is 49.4 Å². The highest BCUT2D eigenvalue weighted by Crippen LogP contribution is 2.22. The summed E-state index contributed by atoms with van der Waals surface area (Å²) in [4.78, 5) is 25.1. The zero-order valence-corrected chi connectivity index (χ0v) is 14.4. The Labute approximate surface area is 143 Å². The van der Waals surface area contributed by atoms with Crippen molar-refractivity contribution >= 4 is 11.9 Å². The van der Waals surface area contributed by atoms with Gasteiger partial charge in [0.25, 0.3) is 5.91 Å². The highest BCUT2D eigenvalue weighted by molar-refractivity contribution is 5.94. The number of hydrogen-bond acceptors (Lipinski definition) is 3. The van der Waals surface area contributed by atoms with Gasteiger partial charge in [-0.3, -0.25) is 9.59 Å². The molecular formula is C19H27NO4. The summed E-state index contributed by atoms with van der Waals surface area (Å²) in [6.45, 7) is 4.13. The average Bonchev–Trinajstić information content (AvgIpc) is 2.59. The maximum Gasteiger partial charge on any atom is 0.303 e. The van der Waals surface area contributed by atoms with E-state index in [9.17, 15) is 9.59 Å². The van der Waals surface area contributed by atoms with Gasteiger partial charge in [0.1, 0.15) is 5.75 Å². The van der Waals surface area contributed by atoms with Crippen LogP contribution in [0.3, 0.4) is 0 Å². The van der Waals surface area contributed by atoms with E-state index in [1.54, 1.807) is 12.1 Å². The van der Waals surface area contributed by atoms with Gasteiger partial charge in [-0.15, -0.1) is 0 Å². The molecule has 0 aromatic heterocycles. The van der Waals surface area contributed by atoms with Crippen LogP contribution in [0.5, 0.6) is 5.75 Å². The number of likely N-dealkylation sites (tertiary alicyclic amines) is 1. The molecule has 0 radical (unpaired) electrons. The first-order chi connectivity index (χ1) is 11.6. The van der Waals surface area contributed by atoms with Crippen molar-refractivity contribution < 1.29 is 19.4 Å². The molecule has 2 rings (SSSR count). The average molecular weight is 333 g/mol. The minimum absolute atomic E-state index is 0.0151. The number of aliphatic carboxylic acids is 1. The lowest BCUT2D eigenvalue weighted by atomic mass is 9.93. The maximum atomic E-state index is 12.5. The Hall–Kier alpha value is -2.04. The normalized spacial score (nSPS) is 15.3. The fraction of sp³-hybridized carbons (Fsp3) is 0.579. The Kier molecular flexibility index (Phi) is 7.09. The molecule has 0 spiro atoms. The van der Waals surface area contributed by atoms with Crippen LogP contribution in [0.25, 0.3) is 0 Å². The number of carbonyl (C=O) groups excluding carboxylic acids is 1. The summed E-state index contributed by atoms with van der Waals surface area (Å²) in [6.07, 6.45) is 5.09. The topological polar surface area (TPSA) is 66.8 Å². The van der Waals surface area contributed by atoms with E-state index in [0.29, 0.717) is 25.3 Å². The molecule has 1 aliphatic rings. The number of carboxylic acids is 1. The van der Waals surface area contributed by atoms with Crippen LogP contribution in [-0.2, 0) is 4.79 Å². The van der Waals surface area contributed by atoms with Gasteiger partial charge in [0.05, 0.1) is 6.61 Å². The highest BCUT2D eigenvalue weighted by atomic mass is 16.5. The molecule has 0 atom stereocenters. The van der Waals surface area contributed by atoms with E-state index in [0.717, 1.165) is 31.4 Å². The minimum atomic E-state index is -0.755. The number of amides is 1. The van der Waals surface area contributed by atoms with Crippen molar-refractivity contribution in [2.24, 2.45) is 5.92 Å². The van der Waals surface area contributed by atoms with Crippen LogP contribution in [-0.4, -0.2) is 41.6 Å². The summed E-state index contributed by atoms with van der Waals surface area (Å²) in [6, 6.07) is 7.30. The van der Waals surface area contributed by atoms with Crippen LogP contribution in [0.15, 0.2) is 24.3 Å². The van der Waals surface area contributed by atoms with Crippen LogP contribution in [0.2, 0.25) is 0 Å². The van der Waals surface area contributed by atoms with Gasteiger partial charge in [0, 0.05) is 25.1 Å². The minimum Gasteiger partial charge on any atom is -0.494 e. The van der Waals surface area contributed by atoms with Crippen molar-refractivity contribution in [2.75, 3.05) is 19.7 Å². The Bertz CT molecular complexity index is 533. The summed E-state index contributed by atoms with van der Waals surface area (Å²) >= 11 is 0. The summed E-state index contributed by atoms with van der Waals surface area (Å²) in [5.41, 5.74) is 0.660. The number of hydrogen-bond donors (Lipinski definition) is 1. The molecule has 1 aromatic carbocycles. The molecule has 0 unspecified atom stereocenters. The molecule has 132 valence electrons. The van der Waals surface area contributed by atoms with E-state index in [4.69, 9.17) is 9.84 Å². The van der Waals surface area contributed by atoms with E-state index in [1.807, 2.05) is 17.0 Å². The Morgan fingerprint density at radius 3 is 2.42 bits per heavy atom. The maximum absolute atomic E-state index is 12.5. The second kappa shape index (κ2) is 9.30. The lowest BCUT2D eigenvalue weighted by molar-refractivity contribution is -0.138. The number of benzene rings is 1. The third-order valence-corrected chi connectivity index (χ3v) is 4.48. The highest BCUT2D eigenvalue weighted by Gasteiger charge is 2.24. The predicted octanol–water partition coefficient (Wildman–Crippen LogP) is 3.58. The molecule has 5 heteroatoms. The first-order valence-electron chi connectivity index (χ1n) is 8.84. The van der Waals surface area contributed by atoms with Crippen LogP contribution < -0.4 is 4.74 Å². The first-order valence-corrected chi connectivity index (χ1v) is 8.84. The van der Waals surface area contributed by atoms with E-state index >= 15 is 0 Å². The van der Waals surface area contributed by atoms with Gasteiger partial charge >= 0.3 is 5.97 Å². The van der Waals surface area contributed by atoms with Gasteiger partial charge in [-0.25, -0.2) is 0 Å². The lowest BCUT2D eigenvalue weighted by Gasteiger charge is -2.31. The zero-order chi connectivity index (χ0) is 17.4. The van der Waals surface area contributed by atoms with Gasteiger partial charge < -0.3 is 14.7 Å². The van der Waals surface area contributed by atoms with Crippen molar-refractivity contribution in [3.63, 3.8) is 0 Å². The molecule has 0 saturated carbocycles. The molecule has 1 fully saturated rings. The fourth-order valence-corrected chi connectivity index (χ4v) is 3.01. The smallest absolute Gasteiger partial charge is 0.303 e. The monoisotopic (exact) mass is 333 g/mol. The SMILES string of the molecule is CCCCCOc1ccc(C(=O)N2CCC(CC(=O)O)CC2)cc1. The third kappa shape index (κ3) is 5.55. The van der Waals surface area contributed by atoms with Crippen molar-refractivity contribution in [1.82, 2.24) is 4.90 Å². The largest absolute Gasteiger partial charge is 0.494 e. The number of piperidine rings is 1. The molecule has 5 nitrogen and oxygen atoms in total. The van der Waals surface area contributed by atoms with Gasteiger partial charge in [0.2, 0.25) is 0 Å². The fourth-order valence-electron chi connectivity index (χ4n) is 3.01. The van der Waals surface area contributed by atoms with Gasteiger partial charge in [-0.1, -0.05) is 19.8 Å². The third-order valence-electron chi connectivity index (χ3n) is 4.48. The van der Waals surface area contributed by atoms with Crippen LogP contribution >= 0.6 is 0 Å². The van der Waals surface area contributed by atoms with Crippen molar-refractivity contribution in [2.45, 2.75) is 45.4 Å². The summed E-state index contributed by atoms with van der Waals surface area (Å²) in [5, 5.41) is 8.84. The second-order valence-electron chi connectivity index (χ2n) is 6.41. The van der Waals surface area contributed by atoms with Gasteiger partial charge in [0.15, 0.2) is 0 Å². The molecule has 1 aliphatic heterocycles. The molecule has 1 saturated heterocycles. The van der Waals surface area contributed by atoms with E-state index in [1.165, 1.54) is 6.42 Å². The molecule has 1 heterocycles. The van der Waals surface area contributed by atoms with Crippen molar-refractivity contribution in [1.29, 1.82) is 0 Å². The number of ether oxygens (including phenoxy) is 1. The number of carbonyl (C=O) groups is 2. The van der Waals surface area contributed by atoms with Gasteiger partial charge in [-0.2, -0.15) is 0 Å². The quantitative estimate of drug-likeness (QED) is 0.738. The molecule has 1 aromatic rings. The molecule has 0 aliphatic carbocycles. The Morgan fingerprint density at radius 1 is 1.17 bits per heavy atom. The molecule has 24 heavy (non-hydrogen) atoms. The summed E-state index contributed by atoms with van der Waals surface area (Å²) in [7, 11) is 0. The molecule has 1 N–H and O–H groups in total. The summed E-state index contributed by atoms with van der Waals surface area (Å²) < 4.78 is 5.66. The summed E-state index contributed by atoms with van der Waals surface area (Å²) in [5.74, 6) is 0.240. The first kappa shape index (κ1) is 18.3. The van der Waals surface area contributed by atoms with Crippen molar-refractivity contribution in [3.05, 3.63) is 29.8 Å². The molecule has 0 bridgehead atoms. The van der Waals surface area contributed by atoms with E-state index in [2.05, 4.69) is 6.92 Å². The number of rotatable bonds is 8. The van der Waals surface area contributed by atoms with Crippen LogP contribution in [0.1, 0.15) is 55.8 Å². The van der Waals surface area contributed by atoms with Crippen LogP contribution in [0, 0.1) is 5.92 Å². The van der Waals surface area contributed by atoms with E-state index in [-0.39, 0.29) is 18.2 Å². The Morgan fingerprint density at radius 2 is 1.83 bits per heavy atom. The van der Waals surface area contributed by atoms with E-state index < -0.39 is 5.97 Å². The Balaban J connectivity index is 1.81. The van der Waals surface area contributed by atoms with Crippen molar-refractivity contribution in [3.8, 4) is 5.75 Å². The predicted molar refractivity (Wildman–Crippen MR) is 92.3 cm³/mol. The van der Waals surface area contributed by atoms with Crippen LogP contribution in [0.4, 0.5) is 0 Å². The number of nitrogens with zero attached hydrogens (tertiary/aromatic N) is 1.